The van der Waals surface area contributed by atoms with Crippen molar-refractivity contribution in [2.75, 3.05) is 19.4 Å². The fraction of sp³-hybridized carbons (Fsp3) is 0.273. The summed E-state index contributed by atoms with van der Waals surface area (Å²) in [4.78, 5) is 10.7. The standard InChI is InChI=1S/C11H13N3O5S/c1-19-11(16)9(15)6-14-20(17,18)10-3-2-7(5-12)4-8(10)13/h2-4,9,14-15H,6,13H2,1H3. The molecule has 108 valence electrons. The van der Waals surface area contributed by atoms with E-state index in [1.54, 1.807) is 0 Å². The zero-order chi connectivity index (χ0) is 15.3. The number of anilines is 1. The van der Waals surface area contributed by atoms with Gasteiger partial charge in [0.25, 0.3) is 0 Å². The Hall–Kier alpha value is -2.15. The van der Waals surface area contributed by atoms with E-state index in [2.05, 4.69) is 4.74 Å². The van der Waals surface area contributed by atoms with Crippen molar-refractivity contribution in [3.05, 3.63) is 23.8 Å². The molecule has 0 aliphatic heterocycles. The largest absolute Gasteiger partial charge is 0.467 e. The van der Waals surface area contributed by atoms with Crippen molar-refractivity contribution in [1.82, 2.24) is 4.72 Å². The summed E-state index contributed by atoms with van der Waals surface area (Å²) in [6, 6.07) is 5.50. The van der Waals surface area contributed by atoms with E-state index in [-0.39, 0.29) is 16.1 Å². The lowest BCUT2D eigenvalue weighted by atomic mass is 10.2. The Labute approximate surface area is 115 Å². The van der Waals surface area contributed by atoms with Gasteiger partial charge in [0.15, 0.2) is 6.10 Å². The molecule has 0 aliphatic carbocycles. The van der Waals surface area contributed by atoms with Gasteiger partial charge in [0, 0.05) is 6.54 Å². The molecule has 0 aromatic heterocycles. The molecule has 0 saturated carbocycles. The first-order valence-corrected chi connectivity index (χ1v) is 6.85. The van der Waals surface area contributed by atoms with Gasteiger partial charge in [0.2, 0.25) is 10.0 Å². The van der Waals surface area contributed by atoms with Crippen molar-refractivity contribution in [1.29, 1.82) is 5.26 Å². The van der Waals surface area contributed by atoms with Gasteiger partial charge in [0.1, 0.15) is 4.90 Å². The normalized spacial score (nSPS) is 12.4. The molecule has 1 unspecified atom stereocenters. The van der Waals surface area contributed by atoms with Crippen molar-refractivity contribution in [3.8, 4) is 6.07 Å². The summed E-state index contributed by atoms with van der Waals surface area (Å²) in [5.41, 5.74) is 5.66. The summed E-state index contributed by atoms with van der Waals surface area (Å²) in [5.74, 6) is -0.958. The van der Waals surface area contributed by atoms with Gasteiger partial charge >= 0.3 is 5.97 Å². The predicted molar refractivity (Wildman–Crippen MR) is 68.8 cm³/mol. The molecule has 1 aromatic rings. The predicted octanol–water partition coefficient (Wildman–Crippen LogP) is -1.05. The van der Waals surface area contributed by atoms with E-state index in [0.717, 1.165) is 7.11 Å². The fourth-order valence-corrected chi connectivity index (χ4v) is 2.50. The highest BCUT2D eigenvalue weighted by molar-refractivity contribution is 7.89. The number of hydrogen-bond acceptors (Lipinski definition) is 7. The van der Waals surface area contributed by atoms with E-state index in [4.69, 9.17) is 11.0 Å². The molecule has 1 rings (SSSR count). The van der Waals surface area contributed by atoms with Crippen LogP contribution in [-0.2, 0) is 19.6 Å². The van der Waals surface area contributed by atoms with Crippen molar-refractivity contribution >= 4 is 21.7 Å². The lowest BCUT2D eigenvalue weighted by molar-refractivity contribution is -0.149. The number of rotatable bonds is 5. The molecule has 0 radical (unpaired) electrons. The van der Waals surface area contributed by atoms with Crippen LogP contribution < -0.4 is 10.5 Å². The number of aliphatic hydroxyl groups excluding tert-OH is 1. The number of hydrogen-bond donors (Lipinski definition) is 3. The third-order valence-corrected chi connectivity index (χ3v) is 3.87. The van der Waals surface area contributed by atoms with Gasteiger partial charge in [-0.2, -0.15) is 5.26 Å². The Bertz CT molecular complexity index is 651. The van der Waals surface area contributed by atoms with Crippen molar-refractivity contribution in [3.63, 3.8) is 0 Å². The minimum Gasteiger partial charge on any atom is -0.467 e. The van der Waals surface area contributed by atoms with E-state index >= 15 is 0 Å². The molecule has 0 bridgehead atoms. The van der Waals surface area contributed by atoms with Crippen molar-refractivity contribution < 1.29 is 23.1 Å². The number of esters is 1. The summed E-state index contributed by atoms with van der Waals surface area (Å²) >= 11 is 0. The van der Waals surface area contributed by atoms with Gasteiger partial charge in [-0.05, 0) is 18.2 Å². The summed E-state index contributed by atoms with van der Waals surface area (Å²) < 4.78 is 30.1. The van der Waals surface area contributed by atoms with Crippen LogP contribution in [0.3, 0.4) is 0 Å². The first kappa shape index (κ1) is 15.9. The molecule has 1 atom stereocenters. The molecular formula is C11H13N3O5S. The van der Waals surface area contributed by atoms with Crippen LogP contribution >= 0.6 is 0 Å². The van der Waals surface area contributed by atoms with Crippen LogP contribution in [-0.4, -0.2) is 39.3 Å². The molecule has 0 heterocycles. The maximum atomic E-state index is 11.9. The molecule has 8 nitrogen and oxygen atoms in total. The van der Waals surface area contributed by atoms with Gasteiger partial charge in [0.05, 0.1) is 24.4 Å². The number of benzene rings is 1. The summed E-state index contributed by atoms with van der Waals surface area (Å²) in [5, 5.41) is 18.0. The van der Waals surface area contributed by atoms with Crippen LogP contribution in [0.15, 0.2) is 23.1 Å². The Morgan fingerprint density at radius 3 is 2.75 bits per heavy atom. The van der Waals surface area contributed by atoms with Crippen LogP contribution in [0.5, 0.6) is 0 Å². The van der Waals surface area contributed by atoms with Crippen LogP contribution in [0.4, 0.5) is 5.69 Å². The fourth-order valence-electron chi connectivity index (χ4n) is 1.35. The summed E-state index contributed by atoms with van der Waals surface area (Å²) in [7, 11) is -2.94. The molecule has 0 amide bonds. The monoisotopic (exact) mass is 299 g/mol. The maximum absolute atomic E-state index is 11.9. The van der Waals surface area contributed by atoms with E-state index in [1.807, 2.05) is 10.8 Å². The molecule has 1 aromatic carbocycles. The second-order valence-electron chi connectivity index (χ2n) is 3.76. The molecule has 0 saturated heterocycles. The van der Waals surface area contributed by atoms with Crippen LogP contribution in [0.1, 0.15) is 5.56 Å². The van der Waals surface area contributed by atoms with Gasteiger partial charge in [-0.25, -0.2) is 17.9 Å². The number of nitrogens with two attached hydrogens (primary N) is 1. The van der Waals surface area contributed by atoms with E-state index in [1.165, 1.54) is 18.2 Å². The lowest BCUT2D eigenvalue weighted by Crippen LogP contribution is -2.37. The Balaban J connectivity index is 2.90. The highest BCUT2D eigenvalue weighted by atomic mass is 32.2. The third-order valence-electron chi connectivity index (χ3n) is 2.37. The number of nitrogens with one attached hydrogen (secondary N) is 1. The minimum absolute atomic E-state index is 0.107. The number of nitrogens with zero attached hydrogens (tertiary/aromatic N) is 1. The SMILES string of the molecule is COC(=O)C(O)CNS(=O)(=O)c1ccc(C#N)cc1N. The van der Waals surface area contributed by atoms with E-state index in [0.29, 0.717) is 0 Å². The smallest absolute Gasteiger partial charge is 0.336 e. The topological polar surface area (TPSA) is 143 Å². The third kappa shape index (κ3) is 3.67. The number of nitriles is 1. The average Bonchev–Trinajstić information content (AvgIpc) is 2.43. The maximum Gasteiger partial charge on any atom is 0.336 e. The zero-order valence-electron chi connectivity index (χ0n) is 10.5. The number of ether oxygens (including phenoxy) is 1. The van der Waals surface area contributed by atoms with Gasteiger partial charge in [-0.15, -0.1) is 0 Å². The minimum atomic E-state index is -4.00. The quantitative estimate of drug-likeness (QED) is 0.465. The van der Waals surface area contributed by atoms with Crippen molar-refractivity contribution in [2.45, 2.75) is 11.0 Å². The average molecular weight is 299 g/mol. The highest BCUT2D eigenvalue weighted by Crippen LogP contribution is 2.19. The van der Waals surface area contributed by atoms with Crippen LogP contribution in [0.2, 0.25) is 0 Å². The molecular weight excluding hydrogens is 286 g/mol. The number of carbonyl (C=O) groups excluding carboxylic acids is 1. The van der Waals surface area contributed by atoms with Gasteiger partial charge in [-0.1, -0.05) is 0 Å². The molecule has 20 heavy (non-hydrogen) atoms. The molecule has 4 N–H and O–H groups in total. The summed E-state index contributed by atoms with van der Waals surface area (Å²) in [6.07, 6.45) is -1.62. The second kappa shape index (κ2) is 6.33. The molecule has 0 spiro atoms. The van der Waals surface area contributed by atoms with E-state index in [9.17, 15) is 18.3 Å². The second-order valence-corrected chi connectivity index (χ2v) is 5.49. The number of sulfonamides is 1. The first-order chi connectivity index (χ1) is 9.31. The van der Waals surface area contributed by atoms with Crippen LogP contribution in [0.25, 0.3) is 0 Å². The molecule has 0 fully saturated rings. The zero-order valence-corrected chi connectivity index (χ0v) is 11.3. The van der Waals surface area contributed by atoms with Crippen molar-refractivity contribution in [2.24, 2.45) is 0 Å². The Morgan fingerprint density at radius 2 is 2.25 bits per heavy atom. The number of aliphatic hydroxyl groups is 1. The number of nitrogen functional groups attached to an aromatic ring is 1. The van der Waals surface area contributed by atoms with Gasteiger partial charge < -0.3 is 15.6 Å². The Kier molecular flexibility index (Phi) is 5.04. The molecule has 9 heteroatoms. The molecule has 0 aliphatic rings. The lowest BCUT2D eigenvalue weighted by Gasteiger charge is -2.11. The summed E-state index contributed by atoms with van der Waals surface area (Å²) in [6.45, 7) is -0.547. The van der Waals surface area contributed by atoms with Gasteiger partial charge in [-0.3, -0.25) is 0 Å². The number of methoxy groups -OCH3 is 1. The number of carbonyl (C=O) groups is 1. The highest BCUT2D eigenvalue weighted by Gasteiger charge is 2.22. The van der Waals surface area contributed by atoms with Crippen LogP contribution in [0, 0.1) is 11.3 Å². The first-order valence-electron chi connectivity index (χ1n) is 5.37. The Morgan fingerprint density at radius 1 is 1.60 bits per heavy atom. The van der Waals surface area contributed by atoms with E-state index < -0.39 is 28.6 Å².